The molecule has 0 aliphatic heterocycles. The number of phosphoric acid groups is 2. The summed E-state index contributed by atoms with van der Waals surface area (Å²) in [6, 6.07) is 0. The van der Waals surface area contributed by atoms with Crippen molar-refractivity contribution in [1.29, 1.82) is 0 Å². The molecule has 0 aromatic rings. The van der Waals surface area contributed by atoms with E-state index < -0.39 is 15.6 Å². The smallest absolute Gasteiger partial charge is 0.302 e. The van der Waals surface area contributed by atoms with E-state index in [0.29, 0.717) is 5.92 Å². The van der Waals surface area contributed by atoms with Crippen molar-refractivity contribution < 1.29 is 32.6 Å². The van der Waals surface area contributed by atoms with Gasteiger partial charge in [0.15, 0.2) is 0 Å². The lowest BCUT2D eigenvalue weighted by molar-refractivity contribution is 0.191. The van der Waals surface area contributed by atoms with Crippen LogP contribution in [-0.2, 0) is 18.0 Å². The van der Waals surface area contributed by atoms with E-state index in [1.165, 1.54) is 19.3 Å². The third-order valence-corrected chi connectivity index (χ3v) is 5.78. The zero-order valence-corrected chi connectivity index (χ0v) is 16.8. The highest BCUT2D eigenvalue weighted by atomic mass is 31.3. The molecule has 0 aromatic heterocycles. The molecule has 24 heavy (non-hydrogen) atoms. The van der Waals surface area contributed by atoms with Gasteiger partial charge in [0.2, 0.25) is 0 Å². The van der Waals surface area contributed by atoms with Crippen LogP contribution in [0.25, 0.3) is 0 Å². The molecule has 144 valence electrons. The molecular formula is C15H32O7P2. The molecule has 0 saturated heterocycles. The molecule has 0 bridgehead atoms. The van der Waals surface area contributed by atoms with Gasteiger partial charge in [-0.3, -0.25) is 4.52 Å². The molecule has 3 N–H and O–H groups in total. The van der Waals surface area contributed by atoms with E-state index in [0.717, 1.165) is 30.8 Å². The molecule has 0 heterocycles. The quantitative estimate of drug-likeness (QED) is 0.308. The first-order valence-electron chi connectivity index (χ1n) is 8.31. The Kier molecular flexibility index (Phi) is 11.6. The lowest BCUT2D eigenvalue weighted by Crippen LogP contribution is -1.97. The highest BCUT2D eigenvalue weighted by molar-refractivity contribution is 7.60. The van der Waals surface area contributed by atoms with Gasteiger partial charge in [-0.15, -0.1) is 0 Å². The van der Waals surface area contributed by atoms with Crippen LogP contribution in [-0.4, -0.2) is 21.3 Å². The highest BCUT2D eigenvalue weighted by Gasteiger charge is 2.31. The third kappa shape index (κ3) is 15.5. The van der Waals surface area contributed by atoms with E-state index in [-0.39, 0.29) is 6.61 Å². The second-order valence-corrected chi connectivity index (χ2v) is 9.54. The van der Waals surface area contributed by atoms with E-state index in [2.05, 4.69) is 29.6 Å². The fourth-order valence-electron chi connectivity index (χ4n) is 2.28. The minimum Gasteiger partial charge on any atom is -0.302 e. The molecule has 0 aliphatic carbocycles. The van der Waals surface area contributed by atoms with E-state index >= 15 is 0 Å². The summed E-state index contributed by atoms with van der Waals surface area (Å²) in [5.41, 5.74) is 1.00. The summed E-state index contributed by atoms with van der Waals surface area (Å²) in [6.45, 7) is 8.38. The number of hydrogen-bond donors (Lipinski definition) is 3. The van der Waals surface area contributed by atoms with E-state index in [4.69, 9.17) is 14.7 Å². The number of phosphoric ester groups is 1. The molecular weight excluding hydrogens is 354 g/mol. The van der Waals surface area contributed by atoms with Crippen LogP contribution in [0.5, 0.6) is 0 Å². The molecule has 0 aromatic carbocycles. The van der Waals surface area contributed by atoms with Crippen molar-refractivity contribution in [2.75, 3.05) is 6.61 Å². The van der Waals surface area contributed by atoms with Crippen molar-refractivity contribution >= 4 is 15.6 Å². The molecule has 1 unspecified atom stereocenters. The fraction of sp³-hybridized carbons (Fsp3) is 0.867. The molecule has 0 aliphatic rings. The molecule has 0 saturated carbocycles. The first-order chi connectivity index (χ1) is 10.9. The van der Waals surface area contributed by atoms with Crippen LogP contribution in [0.3, 0.4) is 0 Å². The Hall–Kier alpha value is -0.0000000000000000416. The van der Waals surface area contributed by atoms with Crippen molar-refractivity contribution in [3.8, 4) is 0 Å². The van der Waals surface area contributed by atoms with Crippen molar-refractivity contribution in [2.45, 2.75) is 66.2 Å². The summed E-state index contributed by atoms with van der Waals surface area (Å²) < 4.78 is 30.0. The zero-order chi connectivity index (χ0) is 18.8. The predicted octanol–water partition coefficient (Wildman–Crippen LogP) is 4.79. The van der Waals surface area contributed by atoms with E-state index in [9.17, 15) is 9.13 Å². The van der Waals surface area contributed by atoms with E-state index in [1.807, 2.05) is 6.92 Å². The maximum absolute atomic E-state index is 11.3. The summed E-state index contributed by atoms with van der Waals surface area (Å²) in [4.78, 5) is 26.1. The van der Waals surface area contributed by atoms with Crippen molar-refractivity contribution in [1.82, 2.24) is 0 Å². The van der Waals surface area contributed by atoms with Gasteiger partial charge in [0, 0.05) is 0 Å². The summed E-state index contributed by atoms with van der Waals surface area (Å²) in [6.07, 6.45) is 8.38. The van der Waals surface area contributed by atoms with Gasteiger partial charge in [-0.1, -0.05) is 58.1 Å². The Bertz CT molecular complexity index is 470. The maximum Gasteiger partial charge on any atom is 0.481 e. The van der Waals surface area contributed by atoms with Crippen molar-refractivity contribution in [2.24, 2.45) is 11.8 Å². The van der Waals surface area contributed by atoms with Gasteiger partial charge in [0.25, 0.3) is 0 Å². The third-order valence-electron chi connectivity index (χ3n) is 3.63. The summed E-state index contributed by atoms with van der Waals surface area (Å²) in [7, 11) is -9.79. The summed E-state index contributed by atoms with van der Waals surface area (Å²) in [5, 5.41) is 0. The second-order valence-electron chi connectivity index (χ2n) is 6.71. The van der Waals surface area contributed by atoms with Crippen molar-refractivity contribution in [3.05, 3.63) is 11.6 Å². The monoisotopic (exact) mass is 386 g/mol. The van der Waals surface area contributed by atoms with Crippen LogP contribution in [0.4, 0.5) is 0 Å². The fourth-order valence-corrected chi connectivity index (χ4v) is 3.81. The van der Waals surface area contributed by atoms with Gasteiger partial charge in [0.05, 0.1) is 6.61 Å². The van der Waals surface area contributed by atoms with Crippen molar-refractivity contribution in [3.63, 3.8) is 0 Å². The molecule has 2 atom stereocenters. The van der Waals surface area contributed by atoms with E-state index in [1.54, 1.807) is 6.08 Å². The van der Waals surface area contributed by atoms with Gasteiger partial charge >= 0.3 is 15.6 Å². The van der Waals surface area contributed by atoms with Gasteiger partial charge in [-0.05, 0) is 31.6 Å². The second kappa shape index (κ2) is 11.6. The molecule has 7 nitrogen and oxygen atoms in total. The molecule has 0 amide bonds. The lowest BCUT2D eigenvalue weighted by atomic mass is 9.94. The first-order valence-corrected chi connectivity index (χ1v) is 11.3. The van der Waals surface area contributed by atoms with Gasteiger partial charge in [-0.25, -0.2) is 9.13 Å². The molecule has 0 spiro atoms. The van der Waals surface area contributed by atoms with Crippen LogP contribution >= 0.6 is 15.6 Å². The summed E-state index contributed by atoms with van der Waals surface area (Å²) >= 11 is 0. The Balaban J connectivity index is 3.95. The topological polar surface area (TPSA) is 113 Å². The number of rotatable bonds is 13. The van der Waals surface area contributed by atoms with Crippen LogP contribution in [0, 0.1) is 11.8 Å². The minimum absolute atomic E-state index is 0.233. The van der Waals surface area contributed by atoms with Gasteiger partial charge < -0.3 is 14.7 Å². The first kappa shape index (κ1) is 24.0. The zero-order valence-electron chi connectivity index (χ0n) is 15.1. The Morgan fingerprint density at radius 2 is 1.62 bits per heavy atom. The maximum atomic E-state index is 11.3. The normalized spacial score (nSPS) is 17.1. The molecule has 0 fully saturated rings. The van der Waals surface area contributed by atoms with Crippen LogP contribution < -0.4 is 0 Å². The average Bonchev–Trinajstić information content (AvgIpc) is 2.34. The Labute approximate surface area is 145 Å². The van der Waals surface area contributed by atoms with Crippen LogP contribution in [0.15, 0.2) is 11.6 Å². The average molecular weight is 386 g/mol. The van der Waals surface area contributed by atoms with Gasteiger partial charge in [0.1, 0.15) is 0 Å². The SMILES string of the molecule is C/C(=C\COP(=O)(O)OP(=O)(O)O)CCC[C@H](C)CCCC(C)C. The van der Waals surface area contributed by atoms with Gasteiger partial charge in [-0.2, -0.15) is 4.31 Å². The molecule has 9 heteroatoms. The Morgan fingerprint density at radius 3 is 2.17 bits per heavy atom. The standard InChI is InChI=1S/C15H32O7P2/c1-13(2)7-5-8-14(3)9-6-10-15(4)11-12-21-24(19,20)22-23(16,17)18/h11,13-14H,5-10,12H2,1-4H3,(H,19,20)(H2,16,17,18)/b15-11+/t14-/m1/s1. The van der Waals surface area contributed by atoms with Crippen LogP contribution in [0.1, 0.15) is 66.2 Å². The van der Waals surface area contributed by atoms with Crippen LogP contribution in [0.2, 0.25) is 0 Å². The Morgan fingerprint density at radius 1 is 1.04 bits per heavy atom. The minimum atomic E-state index is -5.05. The highest BCUT2D eigenvalue weighted by Crippen LogP contribution is 2.57. The molecule has 0 rings (SSSR count). The largest absolute Gasteiger partial charge is 0.481 e. The molecule has 0 radical (unpaired) electrons. The summed E-state index contributed by atoms with van der Waals surface area (Å²) in [5.74, 6) is 1.43. The predicted molar refractivity (Wildman–Crippen MR) is 94.4 cm³/mol. The number of hydrogen-bond acceptors (Lipinski definition) is 4. The lowest BCUT2D eigenvalue weighted by Gasteiger charge is -2.13. The number of allylic oxidation sites excluding steroid dienone is 1.